The standard InChI is InChI=1S/C15H15BrN2O3/c1-2-17-10-11-6-8-12(9-7-11)21-15-13(16)4-3-5-14(15)18(19)20/h3-9,17H,2,10H2,1H3. The Morgan fingerprint density at radius 1 is 1.24 bits per heavy atom. The van der Waals surface area contributed by atoms with Gasteiger partial charge in [-0.3, -0.25) is 10.1 Å². The maximum atomic E-state index is 11.0. The van der Waals surface area contributed by atoms with Gasteiger partial charge >= 0.3 is 5.69 Å². The molecule has 0 bridgehead atoms. The predicted molar refractivity (Wildman–Crippen MR) is 84.7 cm³/mol. The van der Waals surface area contributed by atoms with E-state index in [1.54, 1.807) is 24.3 Å². The average molecular weight is 351 g/mol. The summed E-state index contributed by atoms with van der Waals surface area (Å²) in [4.78, 5) is 10.6. The van der Waals surface area contributed by atoms with Gasteiger partial charge in [0.25, 0.3) is 0 Å². The molecule has 0 amide bonds. The third-order valence-electron chi connectivity index (χ3n) is 2.87. The van der Waals surface area contributed by atoms with E-state index in [4.69, 9.17) is 4.74 Å². The van der Waals surface area contributed by atoms with Crippen molar-refractivity contribution in [3.05, 3.63) is 62.6 Å². The van der Waals surface area contributed by atoms with Crippen molar-refractivity contribution in [1.29, 1.82) is 0 Å². The van der Waals surface area contributed by atoms with Crippen LogP contribution in [0, 0.1) is 10.1 Å². The van der Waals surface area contributed by atoms with Crippen LogP contribution >= 0.6 is 15.9 Å². The summed E-state index contributed by atoms with van der Waals surface area (Å²) in [5.74, 6) is 0.771. The van der Waals surface area contributed by atoms with Gasteiger partial charge in [0.2, 0.25) is 5.75 Å². The minimum absolute atomic E-state index is 0.0684. The number of benzene rings is 2. The molecular weight excluding hydrogens is 336 g/mol. The highest BCUT2D eigenvalue weighted by Gasteiger charge is 2.18. The quantitative estimate of drug-likeness (QED) is 0.624. The molecule has 6 heteroatoms. The van der Waals surface area contributed by atoms with Crippen LogP contribution < -0.4 is 10.1 Å². The van der Waals surface area contributed by atoms with Crippen molar-refractivity contribution in [2.24, 2.45) is 0 Å². The first-order chi connectivity index (χ1) is 10.1. The Morgan fingerprint density at radius 3 is 2.57 bits per heavy atom. The number of nitro groups is 1. The molecule has 0 aromatic heterocycles. The van der Waals surface area contributed by atoms with E-state index in [1.165, 1.54) is 6.07 Å². The molecule has 0 atom stereocenters. The first-order valence-corrected chi connectivity index (χ1v) is 7.31. The number of nitrogens with one attached hydrogen (secondary N) is 1. The fourth-order valence-electron chi connectivity index (χ4n) is 1.80. The van der Waals surface area contributed by atoms with Crippen molar-refractivity contribution in [1.82, 2.24) is 5.32 Å². The van der Waals surface area contributed by atoms with Crippen LogP contribution in [0.5, 0.6) is 11.5 Å². The molecule has 0 spiro atoms. The molecule has 2 rings (SSSR count). The monoisotopic (exact) mass is 350 g/mol. The topological polar surface area (TPSA) is 64.4 Å². The smallest absolute Gasteiger partial charge is 0.312 e. The first kappa shape index (κ1) is 15.5. The fourth-order valence-corrected chi connectivity index (χ4v) is 2.24. The van der Waals surface area contributed by atoms with Gasteiger partial charge in [0.15, 0.2) is 0 Å². The van der Waals surface area contributed by atoms with Crippen molar-refractivity contribution in [3.63, 3.8) is 0 Å². The Hall–Kier alpha value is -1.92. The van der Waals surface area contributed by atoms with E-state index >= 15 is 0 Å². The minimum atomic E-state index is -0.459. The third kappa shape index (κ3) is 4.03. The molecule has 0 fully saturated rings. The third-order valence-corrected chi connectivity index (χ3v) is 3.49. The lowest BCUT2D eigenvalue weighted by Crippen LogP contribution is -2.11. The summed E-state index contributed by atoms with van der Waals surface area (Å²) in [5, 5.41) is 14.3. The molecule has 0 saturated carbocycles. The zero-order valence-electron chi connectivity index (χ0n) is 11.5. The van der Waals surface area contributed by atoms with E-state index in [9.17, 15) is 10.1 Å². The second-order valence-electron chi connectivity index (χ2n) is 4.37. The van der Waals surface area contributed by atoms with Crippen LogP contribution in [0.4, 0.5) is 5.69 Å². The molecule has 0 aliphatic carbocycles. The van der Waals surface area contributed by atoms with E-state index in [0.29, 0.717) is 10.2 Å². The van der Waals surface area contributed by atoms with Crippen LogP contribution in [0.25, 0.3) is 0 Å². The van der Waals surface area contributed by atoms with Crippen LogP contribution in [-0.2, 0) is 6.54 Å². The van der Waals surface area contributed by atoms with Gasteiger partial charge in [-0.15, -0.1) is 0 Å². The molecule has 110 valence electrons. The molecule has 0 saturated heterocycles. The lowest BCUT2D eigenvalue weighted by molar-refractivity contribution is -0.385. The summed E-state index contributed by atoms with van der Waals surface area (Å²) >= 11 is 3.28. The number of hydrogen-bond donors (Lipinski definition) is 1. The molecule has 0 aliphatic rings. The zero-order chi connectivity index (χ0) is 15.2. The summed E-state index contributed by atoms with van der Waals surface area (Å²) in [5.41, 5.74) is 1.06. The highest BCUT2D eigenvalue weighted by atomic mass is 79.9. The molecule has 0 unspecified atom stereocenters. The van der Waals surface area contributed by atoms with E-state index in [2.05, 4.69) is 21.2 Å². The van der Waals surface area contributed by atoms with Crippen molar-refractivity contribution >= 4 is 21.6 Å². The second-order valence-corrected chi connectivity index (χ2v) is 5.23. The molecule has 0 radical (unpaired) electrons. The summed E-state index contributed by atoms with van der Waals surface area (Å²) in [7, 11) is 0. The second kappa shape index (κ2) is 7.19. The van der Waals surface area contributed by atoms with E-state index in [1.807, 2.05) is 19.1 Å². The number of ether oxygens (including phenoxy) is 1. The van der Waals surface area contributed by atoms with E-state index < -0.39 is 4.92 Å². The largest absolute Gasteiger partial charge is 0.449 e. The summed E-state index contributed by atoms with van der Waals surface area (Å²) in [6.07, 6.45) is 0. The lowest BCUT2D eigenvalue weighted by Gasteiger charge is -2.09. The Kier molecular flexibility index (Phi) is 5.30. The van der Waals surface area contributed by atoms with Crippen molar-refractivity contribution < 1.29 is 9.66 Å². The van der Waals surface area contributed by atoms with Crippen LogP contribution in [0.1, 0.15) is 12.5 Å². The molecule has 0 aliphatic heterocycles. The van der Waals surface area contributed by atoms with Gasteiger partial charge in [-0.1, -0.05) is 25.1 Å². The molecule has 2 aromatic rings. The maximum Gasteiger partial charge on any atom is 0.312 e. The van der Waals surface area contributed by atoms with Crippen LogP contribution in [0.15, 0.2) is 46.9 Å². The summed E-state index contributed by atoms with van der Waals surface area (Å²) in [6, 6.07) is 12.2. The van der Waals surface area contributed by atoms with Gasteiger partial charge in [0.05, 0.1) is 9.40 Å². The van der Waals surface area contributed by atoms with Crippen molar-refractivity contribution in [2.75, 3.05) is 6.54 Å². The lowest BCUT2D eigenvalue weighted by atomic mass is 10.2. The van der Waals surface area contributed by atoms with Crippen molar-refractivity contribution in [3.8, 4) is 11.5 Å². The Balaban J connectivity index is 2.20. The van der Waals surface area contributed by atoms with Gasteiger partial charge in [0, 0.05) is 12.6 Å². The van der Waals surface area contributed by atoms with E-state index in [0.717, 1.165) is 18.7 Å². The molecule has 2 aromatic carbocycles. The highest BCUT2D eigenvalue weighted by Crippen LogP contribution is 2.37. The molecular formula is C15H15BrN2O3. The summed E-state index contributed by atoms with van der Waals surface area (Å²) < 4.78 is 6.20. The van der Waals surface area contributed by atoms with E-state index in [-0.39, 0.29) is 11.4 Å². The van der Waals surface area contributed by atoms with Gasteiger partial charge < -0.3 is 10.1 Å². The van der Waals surface area contributed by atoms with Gasteiger partial charge in [-0.25, -0.2) is 0 Å². The number of rotatable bonds is 6. The number of hydrogen-bond acceptors (Lipinski definition) is 4. The van der Waals surface area contributed by atoms with Gasteiger partial charge in [-0.2, -0.15) is 0 Å². The normalized spacial score (nSPS) is 10.4. The Labute approximate surface area is 131 Å². The zero-order valence-corrected chi connectivity index (χ0v) is 13.1. The molecule has 21 heavy (non-hydrogen) atoms. The molecule has 1 N–H and O–H groups in total. The highest BCUT2D eigenvalue weighted by molar-refractivity contribution is 9.10. The van der Waals surface area contributed by atoms with Crippen LogP contribution in [-0.4, -0.2) is 11.5 Å². The number of nitro benzene ring substituents is 1. The minimum Gasteiger partial charge on any atom is -0.449 e. The average Bonchev–Trinajstić information content (AvgIpc) is 2.48. The predicted octanol–water partition coefficient (Wildman–Crippen LogP) is 4.26. The number of nitrogens with zero attached hydrogens (tertiary/aromatic N) is 1. The summed E-state index contributed by atoms with van der Waals surface area (Å²) in [6.45, 7) is 3.73. The SMILES string of the molecule is CCNCc1ccc(Oc2c(Br)cccc2[N+](=O)[O-])cc1. The maximum absolute atomic E-state index is 11.0. The molecule has 0 heterocycles. The van der Waals surface area contributed by atoms with Gasteiger partial charge in [0.1, 0.15) is 5.75 Å². The Morgan fingerprint density at radius 2 is 1.95 bits per heavy atom. The number of para-hydroxylation sites is 1. The van der Waals surface area contributed by atoms with Crippen LogP contribution in [0.2, 0.25) is 0 Å². The van der Waals surface area contributed by atoms with Crippen LogP contribution in [0.3, 0.4) is 0 Å². The Bertz CT molecular complexity index is 629. The first-order valence-electron chi connectivity index (χ1n) is 6.52. The van der Waals surface area contributed by atoms with Gasteiger partial charge in [-0.05, 0) is 46.2 Å². The number of halogens is 1. The van der Waals surface area contributed by atoms with Crippen molar-refractivity contribution in [2.45, 2.75) is 13.5 Å². The fraction of sp³-hybridized carbons (Fsp3) is 0.200. The molecule has 5 nitrogen and oxygen atoms in total.